The Kier molecular flexibility index (Phi) is 8.93. The van der Waals surface area contributed by atoms with Crippen LogP contribution in [0.4, 0.5) is 4.79 Å². The molecule has 9 nitrogen and oxygen atoms in total. The molecule has 0 saturated carbocycles. The van der Waals surface area contributed by atoms with Gasteiger partial charge in [0, 0.05) is 48.4 Å². The fraction of sp³-hybridized carbons (Fsp3) is 0.320. The van der Waals surface area contributed by atoms with Gasteiger partial charge in [-0.2, -0.15) is 5.10 Å². The second kappa shape index (κ2) is 11.7. The average Bonchev–Trinajstić information content (AvgIpc) is 3.19. The number of carbonyl (C=O) groups is 2. The highest BCUT2D eigenvalue weighted by atomic mass is 32.2. The lowest BCUT2D eigenvalue weighted by Crippen LogP contribution is -2.14. The molecule has 3 rings (SSSR count). The van der Waals surface area contributed by atoms with Gasteiger partial charge in [0.1, 0.15) is 17.3 Å². The zero-order chi connectivity index (χ0) is 26.5. The second-order valence-electron chi connectivity index (χ2n) is 7.84. The molecule has 1 heterocycles. The summed E-state index contributed by atoms with van der Waals surface area (Å²) in [6.45, 7) is 3.71. The van der Waals surface area contributed by atoms with Gasteiger partial charge in [0.25, 0.3) is 0 Å². The quantitative estimate of drug-likeness (QED) is 0.214. The lowest BCUT2D eigenvalue weighted by molar-refractivity contribution is 0.103. The van der Waals surface area contributed by atoms with Crippen molar-refractivity contribution < 1.29 is 32.2 Å². The van der Waals surface area contributed by atoms with Crippen molar-refractivity contribution in [3.05, 3.63) is 59.3 Å². The van der Waals surface area contributed by atoms with Crippen molar-refractivity contribution in [2.75, 3.05) is 32.3 Å². The van der Waals surface area contributed by atoms with E-state index < -0.39 is 15.1 Å². The number of ether oxygens (including phenoxy) is 3. The maximum absolute atomic E-state index is 13.5. The first-order valence-corrected chi connectivity index (χ1v) is 13.9. The van der Waals surface area contributed by atoms with Crippen LogP contribution in [-0.4, -0.2) is 61.6 Å². The Morgan fingerprint density at radius 2 is 1.81 bits per heavy atom. The van der Waals surface area contributed by atoms with Gasteiger partial charge < -0.3 is 14.2 Å². The van der Waals surface area contributed by atoms with E-state index in [1.807, 2.05) is 6.92 Å². The van der Waals surface area contributed by atoms with Crippen molar-refractivity contribution in [3.63, 3.8) is 0 Å². The third-order valence-electron chi connectivity index (χ3n) is 5.29. The number of hydrogen-bond acceptors (Lipinski definition) is 9. The number of carbonyl (C=O) groups excluding carboxylic acids is 2. The van der Waals surface area contributed by atoms with E-state index in [4.69, 9.17) is 14.2 Å². The van der Waals surface area contributed by atoms with E-state index in [1.54, 1.807) is 44.3 Å². The van der Waals surface area contributed by atoms with Crippen LogP contribution in [0.2, 0.25) is 0 Å². The molecular weight excluding hydrogens is 504 g/mol. The predicted octanol–water partition coefficient (Wildman–Crippen LogP) is 4.31. The minimum Gasteiger partial charge on any atom is -0.489 e. The van der Waals surface area contributed by atoms with E-state index >= 15 is 0 Å². The van der Waals surface area contributed by atoms with Crippen molar-refractivity contribution in [1.82, 2.24) is 9.78 Å². The molecule has 0 atom stereocenters. The molecule has 36 heavy (non-hydrogen) atoms. The fourth-order valence-corrected chi connectivity index (χ4v) is 5.13. The number of benzene rings is 2. The Bertz CT molecular complexity index is 1370. The van der Waals surface area contributed by atoms with Crippen molar-refractivity contribution in [2.24, 2.45) is 7.05 Å². The summed E-state index contributed by atoms with van der Waals surface area (Å²) in [7, 11) is -0.813. The Labute approximate surface area is 214 Å². The Morgan fingerprint density at radius 1 is 1.11 bits per heavy atom. The molecule has 0 N–H and O–H groups in total. The molecule has 0 aliphatic rings. The normalized spacial score (nSPS) is 11.4. The molecule has 0 spiro atoms. The van der Waals surface area contributed by atoms with Gasteiger partial charge in [-0.05, 0) is 24.8 Å². The fourth-order valence-electron chi connectivity index (χ4n) is 3.64. The number of hydrogen-bond donors (Lipinski definition) is 0. The van der Waals surface area contributed by atoms with Crippen LogP contribution in [0.5, 0.6) is 11.6 Å². The standard InChI is InChI=1S/C25H28N2O7S2/c1-6-35-25(29)34-24-20(15-26-27(24)3)19-14-18(21(28)17-10-8-7-9-11-17)16(2)22(33-13-12-32-4)23(19)36(5,30)31/h7-11,14-15H,6,12-13H2,1-5H3. The summed E-state index contributed by atoms with van der Waals surface area (Å²) in [5.74, 6) is 0.277. The highest BCUT2D eigenvalue weighted by Crippen LogP contribution is 2.43. The summed E-state index contributed by atoms with van der Waals surface area (Å²) in [5, 5.41) is 3.62. The topological polar surface area (TPSA) is 114 Å². The highest BCUT2D eigenvalue weighted by molar-refractivity contribution is 8.13. The van der Waals surface area contributed by atoms with E-state index in [-0.39, 0.29) is 52.2 Å². The van der Waals surface area contributed by atoms with Gasteiger partial charge in [0.15, 0.2) is 15.6 Å². The van der Waals surface area contributed by atoms with Crippen LogP contribution < -0.4 is 9.47 Å². The lowest BCUT2D eigenvalue weighted by atomic mass is 9.94. The minimum absolute atomic E-state index is 0.0374. The third kappa shape index (κ3) is 5.97. The molecule has 0 amide bonds. The maximum atomic E-state index is 13.5. The maximum Gasteiger partial charge on any atom is 0.374 e. The molecular formula is C25H28N2O7S2. The van der Waals surface area contributed by atoms with Crippen molar-refractivity contribution in [2.45, 2.75) is 18.7 Å². The molecule has 0 fully saturated rings. The molecule has 0 unspecified atom stereocenters. The first-order valence-electron chi connectivity index (χ1n) is 11.1. The number of nitrogens with zero attached hydrogens (tertiary/aromatic N) is 2. The smallest absolute Gasteiger partial charge is 0.374 e. The lowest BCUT2D eigenvalue weighted by Gasteiger charge is -2.20. The number of sulfone groups is 1. The van der Waals surface area contributed by atoms with Gasteiger partial charge in [-0.25, -0.2) is 17.9 Å². The molecule has 0 bridgehead atoms. The molecule has 0 saturated heterocycles. The van der Waals surface area contributed by atoms with Gasteiger partial charge in [-0.15, -0.1) is 0 Å². The highest BCUT2D eigenvalue weighted by Gasteiger charge is 2.30. The summed E-state index contributed by atoms with van der Waals surface area (Å²) >= 11 is 0.963. The Balaban J connectivity index is 2.34. The zero-order valence-electron chi connectivity index (χ0n) is 20.7. The molecule has 192 valence electrons. The zero-order valence-corrected chi connectivity index (χ0v) is 22.4. The summed E-state index contributed by atoms with van der Waals surface area (Å²) in [5.41, 5.74) is 1.43. The molecule has 0 radical (unpaired) electrons. The number of methoxy groups -OCH3 is 1. The average molecular weight is 533 g/mol. The third-order valence-corrected chi connectivity index (χ3v) is 7.04. The van der Waals surface area contributed by atoms with Crippen molar-refractivity contribution in [1.29, 1.82) is 0 Å². The summed E-state index contributed by atoms with van der Waals surface area (Å²) in [4.78, 5) is 25.6. The minimum atomic E-state index is -3.89. The van der Waals surface area contributed by atoms with Crippen LogP contribution in [0.1, 0.15) is 28.4 Å². The SMILES string of the molecule is CCSC(=O)Oc1c(-c2cc(C(=O)c3ccccc3)c(C)c(OCCOC)c2S(C)(=O)=O)cnn1C. The molecule has 1 aromatic heterocycles. The number of rotatable bonds is 10. The van der Waals surface area contributed by atoms with E-state index in [0.29, 0.717) is 16.9 Å². The van der Waals surface area contributed by atoms with Crippen LogP contribution in [0.3, 0.4) is 0 Å². The van der Waals surface area contributed by atoms with Crippen LogP contribution >= 0.6 is 11.8 Å². The van der Waals surface area contributed by atoms with E-state index in [1.165, 1.54) is 24.1 Å². The summed E-state index contributed by atoms with van der Waals surface area (Å²) in [6.07, 6.45) is 2.45. The number of ketones is 1. The monoisotopic (exact) mass is 532 g/mol. The van der Waals surface area contributed by atoms with Gasteiger partial charge in [-0.3, -0.25) is 4.79 Å². The van der Waals surface area contributed by atoms with Crippen LogP contribution in [0.25, 0.3) is 11.1 Å². The summed E-state index contributed by atoms with van der Waals surface area (Å²) < 4.78 is 44.0. The van der Waals surface area contributed by atoms with Crippen LogP contribution in [-0.2, 0) is 21.6 Å². The summed E-state index contributed by atoms with van der Waals surface area (Å²) in [6, 6.07) is 10.1. The van der Waals surface area contributed by atoms with Gasteiger partial charge in [0.2, 0.25) is 5.88 Å². The molecule has 0 aliphatic heterocycles. The number of aromatic nitrogens is 2. The first-order chi connectivity index (χ1) is 17.1. The van der Waals surface area contributed by atoms with Crippen LogP contribution in [0.15, 0.2) is 47.5 Å². The number of thioether (sulfide) groups is 1. The molecule has 2 aromatic carbocycles. The Hall–Kier alpha value is -3.15. The van der Waals surface area contributed by atoms with E-state index in [9.17, 15) is 18.0 Å². The number of aryl methyl sites for hydroxylation is 1. The first kappa shape index (κ1) is 27.4. The Morgan fingerprint density at radius 3 is 2.42 bits per heavy atom. The van der Waals surface area contributed by atoms with Crippen LogP contribution in [0, 0.1) is 6.92 Å². The van der Waals surface area contributed by atoms with E-state index in [0.717, 1.165) is 18.0 Å². The largest absolute Gasteiger partial charge is 0.489 e. The van der Waals surface area contributed by atoms with Gasteiger partial charge in [-0.1, -0.05) is 37.3 Å². The molecule has 11 heteroatoms. The van der Waals surface area contributed by atoms with Gasteiger partial charge >= 0.3 is 5.30 Å². The van der Waals surface area contributed by atoms with Crippen molar-refractivity contribution >= 4 is 32.7 Å². The molecule has 0 aliphatic carbocycles. The predicted molar refractivity (Wildman–Crippen MR) is 138 cm³/mol. The van der Waals surface area contributed by atoms with Crippen molar-refractivity contribution in [3.8, 4) is 22.8 Å². The molecule has 3 aromatic rings. The van der Waals surface area contributed by atoms with E-state index in [2.05, 4.69) is 5.10 Å². The second-order valence-corrected chi connectivity index (χ2v) is 11.0. The van der Waals surface area contributed by atoms with Gasteiger partial charge in [0.05, 0.1) is 18.4 Å².